The van der Waals surface area contributed by atoms with E-state index in [9.17, 15) is 0 Å². The number of para-hydroxylation sites is 3. The fraction of sp³-hybridized carbons (Fsp3) is 0.0741. The first-order chi connectivity index (χ1) is 27.7. The number of rotatable bonds is 4. The number of aryl methyl sites for hydroxylation is 1. The molecule has 0 amide bonds. The minimum absolute atomic E-state index is 0.920. The molecule has 9 aromatic carbocycles. The molecular formula is C54H43NO. The summed E-state index contributed by atoms with van der Waals surface area (Å²) in [6.07, 6.45) is 1.14. The van der Waals surface area contributed by atoms with Crippen LogP contribution in [-0.4, -0.2) is 4.57 Å². The van der Waals surface area contributed by atoms with Crippen molar-refractivity contribution in [2.24, 2.45) is 0 Å². The second kappa shape index (κ2) is 15.1. The van der Waals surface area contributed by atoms with E-state index in [0.29, 0.717) is 0 Å². The van der Waals surface area contributed by atoms with Gasteiger partial charge in [-0.05, 0) is 116 Å². The number of hydrogen-bond donors (Lipinski definition) is 0. The maximum absolute atomic E-state index is 6.12. The first-order valence-corrected chi connectivity index (χ1v) is 19.7. The Morgan fingerprint density at radius 3 is 1.59 bits per heavy atom. The van der Waals surface area contributed by atoms with Gasteiger partial charge in [0.25, 0.3) is 0 Å². The Balaban J connectivity index is 0.000000364. The quantitative estimate of drug-likeness (QED) is 0.166. The highest BCUT2D eigenvalue weighted by Gasteiger charge is 2.15. The Morgan fingerprint density at radius 2 is 0.929 bits per heavy atom. The van der Waals surface area contributed by atoms with Crippen LogP contribution < -0.4 is 0 Å². The molecule has 2 heteroatoms. The SMILES string of the molecule is CC.CCc1ccccc1.c1ccc(-n2c3ccccc3c3cc(-c4cccc5cc6c(-c7ccc8oc9ccccc9c8c7)cccc6cc45)ccc32)cc1. The zero-order chi connectivity index (χ0) is 38.0. The zero-order valence-electron chi connectivity index (χ0n) is 32.0. The number of benzene rings is 9. The zero-order valence-corrected chi connectivity index (χ0v) is 32.0. The van der Waals surface area contributed by atoms with Gasteiger partial charge >= 0.3 is 0 Å². The van der Waals surface area contributed by atoms with E-state index in [0.717, 1.165) is 28.4 Å². The lowest BCUT2D eigenvalue weighted by Gasteiger charge is -2.12. The van der Waals surface area contributed by atoms with Crippen LogP contribution in [0.1, 0.15) is 26.3 Å². The van der Waals surface area contributed by atoms with Crippen LogP contribution in [0.25, 0.3) is 93.2 Å². The molecule has 0 bridgehead atoms. The Hall–Kier alpha value is -6.90. The summed E-state index contributed by atoms with van der Waals surface area (Å²) in [7, 11) is 0. The lowest BCUT2D eigenvalue weighted by Crippen LogP contribution is -1.92. The fourth-order valence-electron chi connectivity index (χ4n) is 8.16. The third kappa shape index (κ3) is 6.20. The standard InChI is InChI=1S/C44H27NO.C8H10.C2H6/c1-2-12-32(13-3-1)45-41-18-6-4-14-35(41)39-26-30(20-22-42(39)45)33-16-8-10-28-25-38-29(24-37(28)33)11-9-17-34(38)31-21-23-44-40(27-31)36-15-5-7-19-43(36)46-44;1-2-8-6-4-3-5-7-8;1-2/h1-27H;3-7H,2H2,1H3;1-2H3. The molecule has 0 saturated carbocycles. The van der Waals surface area contributed by atoms with Crippen molar-refractivity contribution in [2.75, 3.05) is 0 Å². The summed E-state index contributed by atoms with van der Waals surface area (Å²) in [6, 6.07) is 69.6. The Bertz CT molecular complexity index is 3130. The minimum Gasteiger partial charge on any atom is -0.456 e. The van der Waals surface area contributed by atoms with Crippen LogP contribution in [0.15, 0.2) is 199 Å². The van der Waals surface area contributed by atoms with Crippen LogP contribution in [0.5, 0.6) is 0 Å². The van der Waals surface area contributed by atoms with E-state index in [1.807, 2.05) is 32.0 Å². The third-order valence-corrected chi connectivity index (χ3v) is 10.8. The second-order valence-electron chi connectivity index (χ2n) is 14.0. The number of furan rings is 1. The van der Waals surface area contributed by atoms with Crippen LogP contribution in [0.2, 0.25) is 0 Å². The molecule has 2 nitrogen and oxygen atoms in total. The first-order valence-electron chi connectivity index (χ1n) is 19.7. The van der Waals surface area contributed by atoms with Crippen LogP contribution in [0, 0.1) is 0 Å². The van der Waals surface area contributed by atoms with E-state index in [1.165, 1.54) is 76.9 Å². The van der Waals surface area contributed by atoms with Crippen molar-refractivity contribution in [3.63, 3.8) is 0 Å². The van der Waals surface area contributed by atoms with Gasteiger partial charge in [-0.15, -0.1) is 0 Å². The lowest BCUT2D eigenvalue weighted by atomic mass is 9.91. The van der Waals surface area contributed by atoms with E-state index < -0.39 is 0 Å². The highest BCUT2D eigenvalue weighted by molar-refractivity contribution is 6.14. The number of aromatic nitrogens is 1. The molecule has 56 heavy (non-hydrogen) atoms. The van der Waals surface area contributed by atoms with Gasteiger partial charge in [-0.25, -0.2) is 0 Å². The second-order valence-corrected chi connectivity index (χ2v) is 14.0. The normalized spacial score (nSPS) is 11.2. The molecule has 270 valence electrons. The average Bonchev–Trinajstić information content (AvgIpc) is 3.82. The Morgan fingerprint density at radius 1 is 0.393 bits per heavy atom. The molecule has 11 aromatic rings. The monoisotopic (exact) mass is 721 g/mol. The van der Waals surface area contributed by atoms with Crippen molar-refractivity contribution in [3.8, 4) is 27.9 Å². The highest BCUT2D eigenvalue weighted by atomic mass is 16.3. The fourth-order valence-corrected chi connectivity index (χ4v) is 8.16. The van der Waals surface area contributed by atoms with Crippen molar-refractivity contribution in [2.45, 2.75) is 27.2 Å². The topological polar surface area (TPSA) is 18.1 Å². The molecule has 2 aromatic heterocycles. The summed E-state index contributed by atoms with van der Waals surface area (Å²) in [5.74, 6) is 0. The maximum atomic E-state index is 6.12. The molecule has 0 saturated heterocycles. The number of hydrogen-bond acceptors (Lipinski definition) is 1. The van der Waals surface area contributed by atoms with E-state index >= 15 is 0 Å². The summed E-state index contributed by atoms with van der Waals surface area (Å²) in [6.45, 7) is 6.16. The van der Waals surface area contributed by atoms with E-state index in [4.69, 9.17) is 4.42 Å². The predicted octanol–water partition coefficient (Wildman–Crippen LogP) is 15.6. The molecule has 0 aliphatic carbocycles. The smallest absolute Gasteiger partial charge is 0.135 e. The van der Waals surface area contributed by atoms with Crippen molar-refractivity contribution < 1.29 is 4.42 Å². The molecule has 0 aliphatic heterocycles. The molecular weight excluding hydrogens is 679 g/mol. The molecule has 0 atom stereocenters. The third-order valence-electron chi connectivity index (χ3n) is 10.8. The van der Waals surface area contributed by atoms with Crippen molar-refractivity contribution in [1.82, 2.24) is 4.57 Å². The van der Waals surface area contributed by atoms with Gasteiger partial charge in [0.15, 0.2) is 0 Å². The molecule has 0 unspecified atom stereocenters. The summed E-state index contributed by atoms with van der Waals surface area (Å²) < 4.78 is 8.49. The van der Waals surface area contributed by atoms with E-state index in [2.05, 4.69) is 187 Å². The molecule has 2 heterocycles. The van der Waals surface area contributed by atoms with Gasteiger partial charge in [-0.3, -0.25) is 0 Å². The van der Waals surface area contributed by atoms with Crippen LogP contribution in [0.4, 0.5) is 0 Å². The van der Waals surface area contributed by atoms with Crippen molar-refractivity contribution in [3.05, 3.63) is 200 Å². The molecule has 0 fully saturated rings. The van der Waals surface area contributed by atoms with Gasteiger partial charge in [0.2, 0.25) is 0 Å². The number of nitrogens with zero attached hydrogens (tertiary/aromatic N) is 1. The lowest BCUT2D eigenvalue weighted by molar-refractivity contribution is 0.669. The van der Waals surface area contributed by atoms with Gasteiger partial charge in [0.1, 0.15) is 11.2 Å². The number of fused-ring (bicyclic) bond motifs is 8. The largest absolute Gasteiger partial charge is 0.456 e. The maximum Gasteiger partial charge on any atom is 0.135 e. The van der Waals surface area contributed by atoms with Crippen molar-refractivity contribution >= 4 is 65.3 Å². The highest BCUT2D eigenvalue weighted by Crippen LogP contribution is 2.40. The molecule has 11 rings (SSSR count). The summed E-state index contributed by atoms with van der Waals surface area (Å²) >= 11 is 0. The summed E-state index contributed by atoms with van der Waals surface area (Å²) in [5, 5.41) is 9.81. The Labute approximate surface area is 327 Å². The van der Waals surface area contributed by atoms with Crippen LogP contribution in [-0.2, 0) is 6.42 Å². The van der Waals surface area contributed by atoms with E-state index in [-0.39, 0.29) is 0 Å². The minimum atomic E-state index is 0.920. The van der Waals surface area contributed by atoms with Gasteiger partial charge in [0, 0.05) is 27.2 Å². The van der Waals surface area contributed by atoms with Gasteiger partial charge < -0.3 is 8.98 Å². The summed E-state index contributed by atoms with van der Waals surface area (Å²) in [4.78, 5) is 0. The molecule has 0 N–H and O–H groups in total. The summed E-state index contributed by atoms with van der Waals surface area (Å²) in [5.41, 5.74) is 11.8. The van der Waals surface area contributed by atoms with Crippen molar-refractivity contribution in [1.29, 1.82) is 0 Å². The van der Waals surface area contributed by atoms with Gasteiger partial charge in [-0.1, -0.05) is 154 Å². The van der Waals surface area contributed by atoms with Gasteiger partial charge in [-0.2, -0.15) is 0 Å². The average molecular weight is 722 g/mol. The van der Waals surface area contributed by atoms with Gasteiger partial charge in [0.05, 0.1) is 11.0 Å². The molecule has 0 spiro atoms. The van der Waals surface area contributed by atoms with Crippen LogP contribution in [0.3, 0.4) is 0 Å². The Kier molecular flexibility index (Phi) is 9.39. The predicted molar refractivity (Wildman–Crippen MR) is 241 cm³/mol. The molecule has 0 aliphatic rings. The molecule has 0 radical (unpaired) electrons. The first kappa shape index (κ1) is 34.8. The van der Waals surface area contributed by atoms with E-state index in [1.54, 1.807) is 0 Å². The van der Waals surface area contributed by atoms with Crippen LogP contribution >= 0.6 is 0 Å².